The summed E-state index contributed by atoms with van der Waals surface area (Å²) >= 11 is 0. The maximum Gasteiger partial charge on any atom is 0.0637 e. The number of rotatable bonds is 2. The molecule has 17 heavy (non-hydrogen) atoms. The van der Waals surface area contributed by atoms with Gasteiger partial charge in [0.15, 0.2) is 0 Å². The van der Waals surface area contributed by atoms with Crippen LogP contribution in [0.4, 0.5) is 0 Å². The van der Waals surface area contributed by atoms with Crippen molar-refractivity contribution in [3.05, 3.63) is 0 Å². The summed E-state index contributed by atoms with van der Waals surface area (Å²) in [5, 5.41) is 3.48. The lowest BCUT2D eigenvalue weighted by atomic mass is 10.00. The van der Waals surface area contributed by atoms with Crippen LogP contribution < -0.4 is 5.32 Å². The van der Waals surface area contributed by atoms with E-state index >= 15 is 0 Å². The number of ether oxygens (including phenoxy) is 1. The molecule has 3 rings (SSSR count). The van der Waals surface area contributed by atoms with Crippen LogP contribution in [0.2, 0.25) is 0 Å². The number of piperazine rings is 1. The van der Waals surface area contributed by atoms with E-state index in [0.717, 1.165) is 25.7 Å². The SMILES string of the molecule is CNC1CCOCC1N1CCN2CCCC2C1. The number of nitrogens with one attached hydrogen (secondary N) is 1. The first-order valence-corrected chi connectivity index (χ1v) is 7.11. The first-order valence-electron chi connectivity index (χ1n) is 7.11. The van der Waals surface area contributed by atoms with E-state index in [9.17, 15) is 0 Å². The van der Waals surface area contributed by atoms with Crippen LogP contribution in [-0.4, -0.2) is 74.4 Å². The summed E-state index contributed by atoms with van der Waals surface area (Å²) in [4.78, 5) is 5.35. The normalized spacial score (nSPS) is 40.4. The average Bonchev–Trinajstić information content (AvgIpc) is 2.85. The minimum atomic E-state index is 0.594. The topological polar surface area (TPSA) is 27.7 Å². The molecule has 0 aliphatic carbocycles. The fraction of sp³-hybridized carbons (Fsp3) is 1.00. The molecule has 0 saturated carbocycles. The smallest absolute Gasteiger partial charge is 0.0637 e. The lowest BCUT2D eigenvalue weighted by Crippen LogP contribution is -2.61. The zero-order valence-electron chi connectivity index (χ0n) is 10.9. The van der Waals surface area contributed by atoms with Gasteiger partial charge in [-0.1, -0.05) is 0 Å². The molecule has 3 aliphatic heterocycles. The van der Waals surface area contributed by atoms with E-state index in [0.29, 0.717) is 12.1 Å². The highest BCUT2D eigenvalue weighted by molar-refractivity contribution is 4.93. The van der Waals surface area contributed by atoms with Crippen molar-refractivity contribution in [2.75, 3.05) is 46.4 Å². The molecule has 3 heterocycles. The van der Waals surface area contributed by atoms with Gasteiger partial charge < -0.3 is 10.1 Å². The van der Waals surface area contributed by atoms with Crippen molar-refractivity contribution >= 4 is 0 Å². The molecule has 0 aromatic carbocycles. The van der Waals surface area contributed by atoms with Gasteiger partial charge in [-0.2, -0.15) is 0 Å². The Labute approximate surface area is 104 Å². The highest BCUT2D eigenvalue weighted by Gasteiger charge is 2.36. The molecule has 3 aliphatic rings. The number of hydrogen-bond donors (Lipinski definition) is 1. The van der Waals surface area contributed by atoms with Crippen molar-refractivity contribution in [2.24, 2.45) is 0 Å². The van der Waals surface area contributed by atoms with Gasteiger partial charge in [-0.15, -0.1) is 0 Å². The summed E-state index contributed by atoms with van der Waals surface area (Å²) in [6, 6.07) is 2.04. The minimum absolute atomic E-state index is 0.594. The van der Waals surface area contributed by atoms with E-state index in [1.54, 1.807) is 0 Å². The molecule has 3 fully saturated rings. The summed E-state index contributed by atoms with van der Waals surface area (Å²) in [5.74, 6) is 0. The molecule has 0 aromatic rings. The molecule has 0 radical (unpaired) electrons. The van der Waals surface area contributed by atoms with Gasteiger partial charge in [0.2, 0.25) is 0 Å². The Kier molecular flexibility index (Phi) is 3.66. The fourth-order valence-corrected chi connectivity index (χ4v) is 3.74. The van der Waals surface area contributed by atoms with E-state index in [4.69, 9.17) is 4.74 Å². The molecule has 4 nitrogen and oxygen atoms in total. The largest absolute Gasteiger partial charge is 0.380 e. The Balaban J connectivity index is 1.63. The Bertz CT molecular complexity index is 261. The summed E-state index contributed by atoms with van der Waals surface area (Å²) < 4.78 is 5.68. The van der Waals surface area contributed by atoms with Crippen molar-refractivity contribution in [1.29, 1.82) is 0 Å². The maximum atomic E-state index is 5.68. The zero-order valence-corrected chi connectivity index (χ0v) is 10.9. The molecular formula is C13H25N3O. The molecule has 0 aromatic heterocycles. The Morgan fingerprint density at radius 1 is 1.12 bits per heavy atom. The zero-order chi connectivity index (χ0) is 11.7. The van der Waals surface area contributed by atoms with Crippen LogP contribution in [0.1, 0.15) is 19.3 Å². The van der Waals surface area contributed by atoms with Crippen LogP contribution in [0.5, 0.6) is 0 Å². The highest BCUT2D eigenvalue weighted by Crippen LogP contribution is 2.24. The molecular weight excluding hydrogens is 214 g/mol. The predicted octanol–water partition coefficient (Wildman–Crippen LogP) is 0.143. The second-order valence-electron chi connectivity index (χ2n) is 5.65. The summed E-state index contributed by atoms with van der Waals surface area (Å²) in [7, 11) is 2.09. The molecule has 98 valence electrons. The number of hydrogen-bond acceptors (Lipinski definition) is 4. The summed E-state index contributed by atoms with van der Waals surface area (Å²) in [6.07, 6.45) is 3.95. The van der Waals surface area contributed by atoms with Gasteiger partial charge >= 0.3 is 0 Å². The second-order valence-corrected chi connectivity index (χ2v) is 5.65. The fourth-order valence-electron chi connectivity index (χ4n) is 3.74. The Morgan fingerprint density at radius 3 is 2.88 bits per heavy atom. The van der Waals surface area contributed by atoms with Crippen molar-refractivity contribution in [2.45, 2.75) is 37.4 Å². The lowest BCUT2D eigenvalue weighted by molar-refractivity contribution is -0.0261. The monoisotopic (exact) mass is 239 g/mol. The summed E-state index contributed by atoms with van der Waals surface area (Å²) in [6.45, 7) is 6.91. The van der Waals surface area contributed by atoms with E-state index in [1.165, 1.54) is 39.0 Å². The standard InChI is InChI=1S/C13H25N3O/c1-14-12-4-8-17-10-13(12)16-7-6-15-5-2-3-11(15)9-16/h11-14H,2-10H2,1H3. The van der Waals surface area contributed by atoms with Gasteiger partial charge in [0, 0.05) is 44.4 Å². The van der Waals surface area contributed by atoms with Crippen LogP contribution in [-0.2, 0) is 4.74 Å². The predicted molar refractivity (Wildman–Crippen MR) is 68.2 cm³/mol. The molecule has 3 atom stereocenters. The number of nitrogens with zero attached hydrogens (tertiary/aromatic N) is 2. The third kappa shape index (κ3) is 2.36. The van der Waals surface area contributed by atoms with Crippen molar-refractivity contribution in [3.63, 3.8) is 0 Å². The highest BCUT2D eigenvalue weighted by atomic mass is 16.5. The summed E-state index contributed by atoms with van der Waals surface area (Å²) in [5.41, 5.74) is 0. The molecule has 0 amide bonds. The third-order valence-corrected chi connectivity index (χ3v) is 4.78. The molecule has 0 bridgehead atoms. The van der Waals surface area contributed by atoms with Crippen LogP contribution >= 0.6 is 0 Å². The van der Waals surface area contributed by atoms with E-state index in [-0.39, 0.29) is 0 Å². The molecule has 3 unspecified atom stereocenters. The minimum Gasteiger partial charge on any atom is -0.380 e. The number of fused-ring (bicyclic) bond motifs is 1. The second kappa shape index (κ2) is 5.22. The third-order valence-electron chi connectivity index (χ3n) is 4.78. The van der Waals surface area contributed by atoms with Gasteiger partial charge in [-0.25, -0.2) is 0 Å². The molecule has 1 N–H and O–H groups in total. The van der Waals surface area contributed by atoms with E-state index in [2.05, 4.69) is 22.2 Å². The van der Waals surface area contributed by atoms with E-state index < -0.39 is 0 Å². The lowest BCUT2D eigenvalue weighted by Gasteiger charge is -2.45. The van der Waals surface area contributed by atoms with Crippen LogP contribution in [0.15, 0.2) is 0 Å². The van der Waals surface area contributed by atoms with Crippen molar-refractivity contribution in [1.82, 2.24) is 15.1 Å². The Hall–Kier alpha value is -0.160. The quantitative estimate of drug-likeness (QED) is 0.742. The van der Waals surface area contributed by atoms with Gasteiger partial charge in [0.25, 0.3) is 0 Å². The van der Waals surface area contributed by atoms with Crippen LogP contribution in [0.25, 0.3) is 0 Å². The van der Waals surface area contributed by atoms with Gasteiger partial charge in [0.05, 0.1) is 6.61 Å². The van der Waals surface area contributed by atoms with Crippen LogP contribution in [0, 0.1) is 0 Å². The first kappa shape index (κ1) is 11.9. The molecule has 3 saturated heterocycles. The van der Waals surface area contributed by atoms with Gasteiger partial charge in [0.1, 0.15) is 0 Å². The molecule has 0 spiro atoms. The van der Waals surface area contributed by atoms with E-state index in [1.807, 2.05) is 0 Å². The van der Waals surface area contributed by atoms with Crippen molar-refractivity contribution in [3.8, 4) is 0 Å². The van der Waals surface area contributed by atoms with Gasteiger partial charge in [-0.3, -0.25) is 9.80 Å². The Morgan fingerprint density at radius 2 is 2.00 bits per heavy atom. The van der Waals surface area contributed by atoms with Crippen LogP contribution in [0.3, 0.4) is 0 Å². The maximum absolute atomic E-state index is 5.68. The average molecular weight is 239 g/mol. The molecule has 4 heteroatoms. The van der Waals surface area contributed by atoms with Gasteiger partial charge in [-0.05, 0) is 32.9 Å². The number of likely N-dealkylation sites (N-methyl/N-ethyl adjacent to an activating group) is 1. The van der Waals surface area contributed by atoms with Crippen molar-refractivity contribution < 1.29 is 4.74 Å². The first-order chi connectivity index (χ1) is 8.38.